The molecule has 24 atom stereocenters. The standard InChI is InChI=1S/3C27H44O/c3*1-18(2)7-6-8-19(3)23-11-12-24-22-10-9-20-17-21(28)13-15-26(20,4)25(22)14-16-27(23,24)5/h3*7,9,19,21-25,28H,6,8,10-17H2,1-5H3/t3*19-,21+,22+,23-,24+,25+,26+,27-/m111/s1. The van der Waals surface area contributed by atoms with E-state index in [-0.39, 0.29) is 18.3 Å². The van der Waals surface area contributed by atoms with Gasteiger partial charge in [-0.25, -0.2) is 0 Å². The monoisotopic (exact) mass is 1150 g/mol. The van der Waals surface area contributed by atoms with Gasteiger partial charge in [0.05, 0.1) is 18.3 Å². The zero-order chi connectivity index (χ0) is 60.3. The van der Waals surface area contributed by atoms with Crippen LogP contribution in [0.5, 0.6) is 0 Å². The first-order valence-electron chi connectivity index (χ1n) is 36.8. The lowest BCUT2D eigenvalue weighted by Gasteiger charge is -2.58. The van der Waals surface area contributed by atoms with E-state index in [1.807, 2.05) is 0 Å². The van der Waals surface area contributed by atoms with Gasteiger partial charge in [0.1, 0.15) is 0 Å². The number of aliphatic hydroxyl groups excluding tert-OH is 3. The zero-order valence-corrected chi connectivity index (χ0v) is 57.4. The summed E-state index contributed by atoms with van der Waals surface area (Å²) < 4.78 is 0. The van der Waals surface area contributed by atoms with Crippen LogP contribution in [0.1, 0.15) is 296 Å². The normalized spacial score (nSPS) is 46.1. The fourth-order valence-electron chi connectivity index (χ4n) is 25.4. The van der Waals surface area contributed by atoms with Crippen molar-refractivity contribution in [2.75, 3.05) is 0 Å². The van der Waals surface area contributed by atoms with Crippen molar-refractivity contribution in [1.29, 1.82) is 0 Å². The van der Waals surface area contributed by atoms with Crippen molar-refractivity contribution < 1.29 is 15.3 Å². The van der Waals surface area contributed by atoms with Crippen molar-refractivity contribution in [1.82, 2.24) is 0 Å². The molecular weight excluding hydrogens is 1020 g/mol. The molecule has 9 saturated carbocycles. The first-order valence-corrected chi connectivity index (χ1v) is 36.8. The Balaban J connectivity index is 0.000000140. The molecule has 0 amide bonds. The molecule has 0 aliphatic heterocycles. The summed E-state index contributed by atoms with van der Waals surface area (Å²) in [7, 11) is 0. The molecule has 0 bridgehead atoms. The number of hydrogen-bond acceptors (Lipinski definition) is 3. The van der Waals surface area contributed by atoms with Crippen LogP contribution in [0.15, 0.2) is 69.9 Å². The van der Waals surface area contributed by atoms with Gasteiger partial charge in [-0.1, -0.05) is 132 Å². The van der Waals surface area contributed by atoms with E-state index in [4.69, 9.17) is 0 Å². The van der Waals surface area contributed by atoms with E-state index in [1.165, 1.54) is 171 Å². The van der Waals surface area contributed by atoms with Crippen LogP contribution in [-0.4, -0.2) is 33.6 Å². The van der Waals surface area contributed by atoms with Gasteiger partial charge in [0, 0.05) is 0 Å². The molecule has 3 heteroatoms. The number of rotatable bonds is 12. The highest BCUT2D eigenvalue weighted by atomic mass is 16.3. The molecular formula is C81H132O3. The number of allylic oxidation sites excluding steroid dienone is 9. The summed E-state index contributed by atoms with van der Waals surface area (Å²) >= 11 is 0. The number of fused-ring (bicyclic) bond motifs is 15. The van der Waals surface area contributed by atoms with E-state index >= 15 is 0 Å². The number of hydrogen-bond donors (Lipinski definition) is 3. The van der Waals surface area contributed by atoms with Crippen LogP contribution in [-0.2, 0) is 0 Å². The fraction of sp³-hybridized carbons (Fsp3) is 0.852. The predicted octanol–water partition coefficient (Wildman–Crippen LogP) is 21.9. The lowest BCUT2D eigenvalue weighted by Crippen LogP contribution is -2.50. The van der Waals surface area contributed by atoms with Crippen LogP contribution in [0.2, 0.25) is 0 Å². The summed E-state index contributed by atoms with van der Waals surface area (Å²) in [5.41, 5.74) is 12.1. The first-order chi connectivity index (χ1) is 39.8. The second-order valence-corrected chi connectivity index (χ2v) is 35.2. The first kappa shape index (κ1) is 65.3. The van der Waals surface area contributed by atoms with Gasteiger partial charge in [0.15, 0.2) is 0 Å². The molecule has 0 aromatic rings. The van der Waals surface area contributed by atoms with Crippen molar-refractivity contribution in [3.8, 4) is 0 Å². The quantitative estimate of drug-likeness (QED) is 0.171. The molecule has 84 heavy (non-hydrogen) atoms. The van der Waals surface area contributed by atoms with Gasteiger partial charge in [0.2, 0.25) is 0 Å². The highest BCUT2D eigenvalue weighted by Gasteiger charge is 2.62. The Morgan fingerprint density at radius 3 is 0.893 bits per heavy atom. The summed E-state index contributed by atoms with van der Waals surface area (Å²) in [5, 5.41) is 30.6. The maximum absolute atomic E-state index is 10.2. The molecule has 12 rings (SSSR count). The van der Waals surface area contributed by atoms with Crippen molar-refractivity contribution in [2.45, 2.75) is 315 Å². The Labute approximate surface area is 518 Å². The summed E-state index contributed by atoms with van der Waals surface area (Å²) in [6.07, 6.45) is 53.6. The summed E-state index contributed by atoms with van der Waals surface area (Å²) in [5.74, 6) is 13.5. The SMILES string of the molecule is CC(C)=CCC[C@@H](C)[C@H]1CC[C@H]2[C@@H]3CC=C4C[C@@H](O)CC[C@]4(C)[C@H]3CC[C@]12C.CC(C)=CCC[C@@H](C)[C@H]1CC[C@H]2[C@@H]3CC=C4C[C@@H](O)CC[C@]4(C)[C@H]3CC[C@]12C.CC(C)=CCC[C@@H](C)[C@H]1CC[C@H]2[C@@H]3CC=C4C[C@@H](O)CC[C@]4(C)[C@H]3CC[C@]12C. The topological polar surface area (TPSA) is 60.7 Å². The molecule has 12 aliphatic rings. The van der Waals surface area contributed by atoms with E-state index in [2.05, 4.69) is 140 Å². The summed E-state index contributed by atoms with van der Waals surface area (Å²) in [6.45, 7) is 36.7. The Morgan fingerprint density at radius 1 is 0.381 bits per heavy atom. The van der Waals surface area contributed by atoms with Gasteiger partial charge in [-0.3, -0.25) is 0 Å². The van der Waals surface area contributed by atoms with Gasteiger partial charge >= 0.3 is 0 Å². The Hall–Kier alpha value is -1.68. The minimum atomic E-state index is -0.0813. The molecule has 474 valence electrons. The minimum absolute atomic E-state index is 0.0813. The van der Waals surface area contributed by atoms with E-state index in [0.29, 0.717) is 32.5 Å². The van der Waals surface area contributed by atoms with Crippen molar-refractivity contribution in [3.63, 3.8) is 0 Å². The highest BCUT2D eigenvalue weighted by Crippen LogP contribution is 2.71. The van der Waals surface area contributed by atoms with Gasteiger partial charge in [-0.15, -0.1) is 0 Å². The van der Waals surface area contributed by atoms with E-state index in [1.54, 1.807) is 16.7 Å². The average Bonchev–Trinajstić information content (AvgIpc) is 1.43. The van der Waals surface area contributed by atoms with E-state index < -0.39 is 0 Å². The molecule has 0 spiro atoms. The van der Waals surface area contributed by atoms with Crippen LogP contribution < -0.4 is 0 Å². The minimum Gasteiger partial charge on any atom is -0.393 e. The third-order valence-corrected chi connectivity index (χ3v) is 30.0. The molecule has 0 aromatic heterocycles. The maximum atomic E-state index is 10.2. The van der Waals surface area contributed by atoms with Gasteiger partial charge in [-0.05, 0) is 355 Å². The molecule has 0 radical (unpaired) electrons. The zero-order valence-electron chi connectivity index (χ0n) is 57.4. The van der Waals surface area contributed by atoms with Crippen LogP contribution in [0.4, 0.5) is 0 Å². The highest BCUT2D eigenvalue weighted by molar-refractivity contribution is 5.28. The Kier molecular flexibility index (Phi) is 20.1. The van der Waals surface area contributed by atoms with Crippen LogP contribution in [0.25, 0.3) is 0 Å². The number of aliphatic hydroxyl groups is 3. The third-order valence-electron chi connectivity index (χ3n) is 30.0. The predicted molar refractivity (Wildman–Crippen MR) is 357 cm³/mol. The third kappa shape index (κ3) is 12.3. The largest absolute Gasteiger partial charge is 0.393 e. The molecule has 3 nitrogen and oxygen atoms in total. The average molecular weight is 1150 g/mol. The summed E-state index contributed by atoms with van der Waals surface area (Å²) in [4.78, 5) is 0. The Bertz CT molecular complexity index is 2190. The second kappa shape index (κ2) is 25.9. The Morgan fingerprint density at radius 2 is 0.643 bits per heavy atom. The maximum Gasteiger partial charge on any atom is 0.0577 e. The molecule has 0 unspecified atom stereocenters. The molecule has 0 heterocycles. The van der Waals surface area contributed by atoms with Crippen LogP contribution in [0.3, 0.4) is 0 Å². The lowest BCUT2D eigenvalue weighted by atomic mass is 9.47. The molecule has 0 aromatic carbocycles. The van der Waals surface area contributed by atoms with Crippen molar-refractivity contribution in [2.24, 2.45) is 121 Å². The van der Waals surface area contributed by atoms with E-state index in [9.17, 15) is 15.3 Å². The second-order valence-electron chi connectivity index (χ2n) is 35.2. The molecule has 9 fully saturated rings. The van der Waals surface area contributed by atoms with Crippen LogP contribution in [0, 0.1) is 121 Å². The lowest BCUT2D eigenvalue weighted by molar-refractivity contribution is -0.0571. The van der Waals surface area contributed by atoms with Gasteiger partial charge in [-0.2, -0.15) is 0 Å². The fourth-order valence-corrected chi connectivity index (χ4v) is 25.4. The van der Waals surface area contributed by atoms with Crippen molar-refractivity contribution >= 4 is 0 Å². The molecule has 3 N–H and O–H groups in total. The smallest absolute Gasteiger partial charge is 0.0577 e. The van der Waals surface area contributed by atoms with Crippen molar-refractivity contribution in [3.05, 3.63) is 69.9 Å². The van der Waals surface area contributed by atoms with Gasteiger partial charge in [0.25, 0.3) is 0 Å². The molecule has 12 aliphatic carbocycles. The summed E-state index contributed by atoms with van der Waals surface area (Å²) in [6, 6.07) is 0. The van der Waals surface area contributed by atoms with Crippen LogP contribution >= 0.6 is 0 Å². The van der Waals surface area contributed by atoms with Gasteiger partial charge < -0.3 is 15.3 Å². The van der Waals surface area contributed by atoms with E-state index in [0.717, 1.165) is 127 Å². The molecule has 0 saturated heterocycles.